The van der Waals surface area contributed by atoms with Gasteiger partial charge < -0.3 is 30.5 Å². The quantitative estimate of drug-likeness (QED) is 0.170. The zero-order chi connectivity index (χ0) is 42.4. The fourth-order valence-electron chi connectivity index (χ4n) is 8.25. The molecule has 2 atom stereocenters. The number of fused-ring (bicyclic) bond motifs is 2. The van der Waals surface area contributed by atoms with Gasteiger partial charge >= 0.3 is 0 Å². The minimum absolute atomic E-state index is 0.0418. The van der Waals surface area contributed by atoms with E-state index in [4.69, 9.17) is 4.74 Å². The van der Waals surface area contributed by atoms with Crippen molar-refractivity contribution in [3.8, 4) is 5.75 Å². The molecule has 3 fully saturated rings. The Hall–Kier alpha value is -7.36. The number of nitrogens with zero attached hydrogens (tertiary/aromatic N) is 3. The molecule has 310 valence electrons. The standard InChI is InChI=1S/C45H41N7O9/c53-38-18-17-36(42(57)49-38)52-44(59)33-15-14-32(21-34(33)45(52)60)50-19-1-2-30(23-50)47-41(56)27-7-10-29(11-8-27)46-40(55)26-5-3-25(4-6-26)22-51(31-12-13-31)43(58)28-9-16-35-37(20-28)61-24-39(54)48-35/h3-11,14-16,20-21,30-31,36H,1-2,12-13,17-19,22-24H2,(H,46,55)(H,47,56)(H,48,54)(H,49,53,57). The van der Waals surface area contributed by atoms with Crippen LogP contribution in [0.5, 0.6) is 5.75 Å². The first-order valence-electron chi connectivity index (χ1n) is 20.3. The van der Waals surface area contributed by atoms with E-state index in [0.717, 1.165) is 36.1 Å². The number of hydrogen-bond donors (Lipinski definition) is 4. The second-order valence-electron chi connectivity index (χ2n) is 15.9. The van der Waals surface area contributed by atoms with E-state index in [1.54, 1.807) is 72.8 Å². The molecular formula is C45H41N7O9. The van der Waals surface area contributed by atoms with E-state index in [0.29, 0.717) is 59.1 Å². The molecule has 1 aliphatic carbocycles. The van der Waals surface area contributed by atoms with Gasteiger partial charge in [-0.2, -0.15) is 0 Å². The average molecular weight is 824 g/mol. The molecule has 0 spiro atoms. The van der Waals surface area contributed by atoms with E-state index in [1.807, 2.05) is 21.9 Å². The van der Waals surface area contributed by atoms with Crippen LogP contribution in [-0.2, 0) is 20.9 Å². The summed E-state index contributed by atoms with van der Waals surface area (Å²) in [5, 5.41) is 10.9. The third kappa shape index (κ3) is 8.03. The number of piperidine rings is 2. The highest BCUT2D eigenvalue weighted by Gasteiger charge is 2.45. The Balaban J connectivity index is 0.777. The number of rotatable bonds is 10. The molecule has 2 saturated heterocycles. The highest BCUT2D eigenvalue weighted by atomic mass is 16.5. The van der Waals surface area contributed by atoms with Gasteiger partial charge in [0.25, 0.3) is 35.4 Å². The summed E-state index contributed by atoms with van der Waals surface area (Å²) in [5.74, 6) is -2.76. The predicted molar refractivity (Wildman–Crippen MR) is 220 cm³/mol. The lowest BCUT2D eigenvalue weighted by Gasteiger charge is -2.35. The predicted octanol–water partition coefficient (Wildman–Crippen LogP) is 3.87. The zero-order valence-corrected chi connectivity index (χ0v) is 32.9. The molecule has 5 aliphatic rings. The SMILES string of the molecule is O=C1CCC(N2C(=O)c3ccc(N4CCCC(NC(=O)c5ccc(NC(=O)c6ccc(CN(C(=O)c7ccc8c(c7)OCC(=O)N8)C7CC7)cc6)cc5)C4)cc3C2=O)C(=O)N1. The topological polar surface area (TPSA) is 204 Å². The number of nitrogens with one attached hydrogen (secondary N) is 4. The summed E-state index contributed by atoms with van der Waals surface area (Å²) in [4.78, 5) is 107. The van der Waals surface area contributed by atoms with Gasteiger partial charge in [0.15, 0.2) is 6.61 Å². The van der Waals surface area contributed by atoms with Crippen molar-refractivity contribution >= 4 is 64.3 Å². The molecule has 4 heterocycles. The highest BCUT2D eigenvalue weighted by Crippen LogP contribution is 2.34. The van der Waals surface area contributed by atoms with E-state index in [2.05, 4.69) is 21.3 Å². The van der Waals surface area contributed by atoms with Crippen molar-refractivity contribution in [1.82, 2.24) is 20.4 Å². The van der Waals surface area contributed by atoms with Gasteiger partial charge in [-0.25, -0.2) is 0 Å². The van der Waals surface area contributed by atoms with Crippen molar-refractivity contribution < 1.29 is 43.1 Å². The number of imide groups is 2. The van der Waals surface area contributed by atoms with E-state index in [-0.39, 0.29) is 66.3 Å². The van der Waals surface area contributed by atoms with Gasteiger partial charge in [-0.1, -0.05) is 12.1 Å². The van der Waals surface area contributed by atoms with Crippen LogP contribution in [0.4, 0.5) is 17.1 Å². The maximum absolute atomic E-state index is 13.6. The summed E-state index contributed by atoms with van der Waals surface area (Å²) in [7, 11) is 0. The van der Waals surface area contributed by atoms with Gasteiger partial charge in [-0.05, 0) is 110 Å². The minimum Gasteiger partial charge on any atom is -0.482 e. The molecule has 4 aromatic carbocycles. The summed E-state index contributed by atoms with van der Waals surface area (Å²) in [6, 6.07) is 22.5. The largest absolute Gasteiger partial charge is 0.482 e. The Kier molecular flexibility index (Phi) is 10.3. The Morgan fingerprint density at radius 1 is 0.738 bits per heavy atom. The second-order valence-corrected chi connectivity index (χ2v) is 15.9. The smallest absolute Gasteiger partial charge is 0.262 e. The van der Waals surface area contributed by atoms with Crippen molar-refractivity contribution in [3.05, 3.63) is 118 Å². The third-order valence-corrected chi connectivity index (χ3v) is 11.6. The monoisotopic (exact) mass is 823 g/mol. The van der Waals surface area contributed by atoms with Gasteiger partial charge in [0.2, 0.25) is 11.8 Å². The summed E-state index contributed by atoms with van der Waals surface area (Å²) in [6.07, 6.45) is 3.45. The number of ether oxygens (including phenoxy) is 1. The van der Waals surface area contributed by atoms with Crippen LogP contribution in [0.3, 0.4) is 0 Å². The fourth-order valence-corrected chi connectivity index (χ4v) is 8.25. The van der Waals surface area contributed by atoms with Gasteiger partial charge in [0.05, 0.1) is 16.8 Å². The molecule has 61 heavy (non-hydrogen) atoms. The van der Waals surface area contributed by atoms with Crippen molar-refractivity contribution in [2.45, 2.75) is 63.2 Å². The van der Waals surface area contributed by atoms with Gasteiger partial charge in [-0.3, -0.25) is 48.6 Å². The minimum atomic E-state index is -1.04. The Bertz CT molecular complexity index is 2520. The van der Waals surface area contributed by atoms with Crippen molar-refractivity contribution in [2.24, 2.45) is 0 Å². The average Bonchev–Trinajstić information content (AvgIpc) is 4.08. The lowest BCUT2D eigenvalue weighted by atomic mass is 10.0. The molecule has 9 rings (SSSR count). The number of anilines is 3. The van der Waals surface area contributed by atoms with E-state index < -0.39 is 29.7 Å². The number of carbonyl (C=O) groups excluding carboxylic acids is 8. The summed E-state index contributed by atoms with van der Waals surface area (Å²) in [6.45, 7) is 1.41. The van der Waals surface area contributed by atoms with Crippen LogP contribution in [0.2, 0.25) is 0 Å². The lowest BCUT2D eigenvalue weighted by Crippen LogP contribution is -2.54. The molecule has 16 heteroatoms. The fraction of sp³-hybridized carbons (Fsp3) is 0.289. The van der Waals surface area contributed by atoms with Crippen LogP contribution in [0.15, 0.2) is 84.9 Å². The van der Waals surface area contributed by atoms with Crippen LogP contribution in [-0.4, -0.2) is 94.9 Å². The summed E-state index contributed by atoms with van der Waals surface area (Å²) in [5.41, 5.74) is 4.34. The molecule has 2 unspecified atom stereocenters. The van der Waals surface area contributed by atoms with Crippen LogP contribution in [0.25, 0.3) is 0 Å². The molecule has 0 aromatic heterocycles. The van der Waals surface area contributed by atoms with Crippen molar-refractivity contribution in [3.63, 3.8) is 0 Å². The molecule has 16 nitrogen and oxygen atoms in total. The normalized spacial score (nSPS) is 19.6. The molecule has 0 bridgehead atoms. The maximum atomic E-state index is 13.6. The molecule has 8 amide bonds. The van der Waals surface area contributed by atoms with E-state index in [9.17, 15) is 38.4 Å². The number of benzene rings is 4. The summed E-state index contributed by atoms with van der Waals surface area (Å²) >= 11 is 0. The molecule has 0 radical (unpaired) electrons. The van der Waals surface area contributed by atoms with Crippen LogP contribution < -0.4 is 30.9 Å². The molecule has 4 aromatic rings. The first kappa shape index (κ1) is 39.1. The molecule has 4 aliphatic heterocycles. The van der Waals surface area contributed by atoms with Crippen molar-refractivity contribution in [1.29, 1.82) is 0 Å². The van der Waals surface area contributed by atoms with Gasteiger partial charge in [0, 0.05) is 66.2 Å². The van der Waals surface area contributed by atoms with Gasteiger partial charge in [0.1, 0.15) is 11.8 Å². The first-order chi connectivity index (χ1) is 29.5. The van der Waals surface area contributed by atoms with Gasteiger partial charge in [-0.15, -0.1) is 0 Å². The zero-order valence-electron chi connectivity index (χ0n) is 32.9. The molecule has 4 N–H and O–H groups in total. The number of amides is 8. The van der Waals surface area contributed by atoms with Crippen LogP contribution in [0, 0.1) is 0 Å². The molecule has 1 saturated carbocycles. The summed E-state index contributed by atoms with van der Waals surface area (Å²) < 4.78 is 5.50. The first-order valence-corrected chi connectivity index (χ1v) is 20.3. The second kappa shape index (κ2) is 16.0. The Morgan fingerprint density at radius 2 is 1.46 bits per heavy atom. The van der Waals surface area contributed by atoms with E-state index in [1.165, 1.54) is 0 Å². The Labute approximate surface area is 349 Å². The van der Waals surface area contributed by atoms with Crippen molar-refractivity contribution in [2.75, 3.05) is 35.2 Å². The number of carbonyl (C=O) groups is 8. The van der Waals surface area contributed by atoms with E-state index >= 15 is 0 Å². The highest BCUT2D eigenvalue weighted by molar-refractivity contribution is 6.23. The lowest BCUT2D eigenvalue weighted by molar-refractivity contribution is -0.136. The molecular weight excluding hydrogens is 783 g/mol. The van der Waals surface area contributed by atoms with Crippen LogP contribution >= 0.6 is 0 Å². The third-order valence-electron chi connectivity index (χ3n) is 11.6. The maximum Gasteiger partial charge on any atom is 0.262 e. The van der Waals surface area contributed by atoms with Crippen LogP contribution in [0.1, 0.15) is 95.9 Å². The number of hydrogen-bond acceptors (Lipinski definition) is 10. The Morgan fingerprint density at radius 3 is 2.21 bits per heavy atom.